The molecule has 0 bridgehead atoms. The minimum atomic E-state index is 0.147. The first-order chi connectivity index (χ1) is 5.74. The normalized spacial score (nSPS) is 10.7. The average molecular weight is 166 g/mol. The highest BCUT2D eigenvalue weighted by Gasteiger charge is 2.02. The molecule has 0 aliphatic rings. The van der Waals surface area contributed by atoms with E-state index in [-0.39, 0.29) is 6.61 Å². The van der Waals surface area contributed by atoms with Crippen molar-refractivity contribution in [3.63, 3.8) is 0 Å². The highest BCUT2D eigenvalue weighted by Crippen LogP contribution is 2.08. The Morgan fingerprint density at radius 3 is 2.83 bits per heavy atom. The van der Waals surface area contributed by atoms with Crippen LogP contribution < -0.4 is 0 Å². The van der Waals surface area contributed by atoms with Gasteiger partial charge in [0.15, 0.2) is 0 Å². The predicted molar refractivity (Wildman–Crippen MR) is 46.9 cm³/mol. The van der Waals surface area contributed by atoms with Crippen LogP contribution in [-0.2, 0) is 6.42 Å². The zero-order valence-electron chi connectivity index (χ0n) is 7.49. The molecule has 0 unspecified atom stereocenters. The summed E-state index contributed by atoms with van der Waals surface area (Å²) in [5.41, 5.74) is 0.913. The standard InChI is InChI=1S/C9H14N2O/c1-7(2)9-10-5-3-8(11-9)4-6-12/h3,5,7,12H,4,6H2,1-2H3. The number of aliphatic hydroxyl groups is 1. The molecule has 1 rings (SSSR count). The number of nitrogens with zero attached hydrogens (tertiary/aromatic N) is 2. The third-order valence-corrected chi connectivity index (χ3v) is 1.62. The van der Waals surface area contributed by atoms with Crippen molar-refractivity contribution in [1.82, 2.24) is 9.97 Å². The summed E-state index contributed by atoms with van der Waals surface area (Å²) in [6.07, 6.45) is 2.36. The van der Waals surface area contributed by atoms with E-state index in [4.69, 9.17) is 5.11 Å². The smallest absolute Gasteiger partial charge is 0.131 e. The van der Waals surface area contributed by atoms with Gasteiger partial charge in [-0.2, -0.15) is 0 Å². The van der Waals surface area contributed by atoms with Crippen molar-refractivity contribution in [2.45, 2.75) is 26.2 Å². The van der Waals surface area contributed by atoms with Crippen LogP contribution >= 0.6 is 0 Å². The molecule has 3 heteroatoms. The van der Waals surface area contributed by atoms with Crippen LogP contribution in [-0.4, -0.2) is 21.7 Å². The maximum Gasteiger partial charge on any atom is 0.131 e. The van der Waals surface area contributed by atoms with Crippen molar-refractivity contribution in [3.8, 4) is 0 Å². The van der Waals surface area contributed by atoms with E-state index in [1.54, 1.807) is 6.20 Å². The SMILES string of the molecule is CC(C)c1nccc(CCO)n1. The van der Waals surface area contributed by atoms with Crippen LogP contribution in [0.1, 0.15) is 31.3 Å². The van der Waals surface area contributed by atoms with E-state index in [1.807, 2.05) is 6.07 Å². The van der Waals surface area contributed by atoms with Crippen molar-refractivity contribution < 1.29 is 5.11 Å². The Bertz CT molecular complexity index is 248. The zero-order valence-corrected chi connectivity index (χ0v) is 7.49. The van der Waals surface area contributed by atoms with Crippen molar-refractivity contribution in [2.75, 3.05) is 6.61 Å². The molecule has 0 aliphatic carbocycles. The van der Waals surface area contributed by atoms with Gasteiger partial charge in [-0.05, 0) is 6.07 Å². The van der Waals surface area contributed by atoms with Crippen LogP contribution in [0.5, 0.6) is 0 Å². The fourth-order valence-corrected chi connectivity index (χ4v) is 0.945. The Kier molecular flexibility index (Phi) is 3.17. The van der Waals surface area contributed by atoms with E-state index < -0.39 is 0 Å². The van der Waals surface area contributed by atoms with Gasteiger partial charge in [-0.3, -0.25) is 0 Å². The van der Waals surface area contributed by atoms with E-state index >= 15 is 0 Å². The van der Waals surface area contributed by atoms with Crippen LogP contribution in [0.4, 0.5) is 0 Å². The quantitative estimate of drug-likeness (QED) is 0.732. The van der Waals surface area contributed by atoms with Crippen LogP contribution in [0.15, 0.2) is 12.3 Å². The predicted octanol–water partition coefficient (Wildman–Crippen LogP) is 1.13. The summed E-state index contributed by atoms with van der Waals surface area (Å²) in [6.45, 7) is 4.25. The molecule has 0 saturated carbocycles. The lowest BCUT2D eigenvalue weighted by Gasteiger charge is -2.04. The topological polar surface area (TPSA) is 46.0 Å². The molecule has 0 aromatic carbocycles. The molecule has 1 aromatic rings. The number of hydrogen-bond donors (Lipinski definition) is 1. The first kappa shape index (κ1) is 9.13. The van der Waals surface area contributed by atoms with Crippen molar-refractivity contribution in [3.05, 3.63) is 23.8 Å². The summed E-state index contributed by atoms with van der Waals surface area (Å²) in [7, 11) is 0. The van der Waals surface area contributed by atoms with E-state index in [9.17, 15) is 0 Å². The molecule has 0 spiro atoms. The summed E-state index contributed by atoms with van der Waals surface area (Å²) in [6, 6.07) is 1.84. The monoisotopic (exact) mass is 166 g/mol. The molecule has 1 heterocycles. The van der Waals surface area contributed by atoms with Gasteiger partial charge in [0.1, 0.15) is 5.82 Å². The minimum Gasteiger partial charge on any atom is -0.396 e. The van der Waals surface area contributed by atoms with Gasteiger partial charge in [-0.1, -0.05) is 13.8 Å². The second-order valence-electron chi connectivity index (χ2n) is 3.03. The molecular formula is C9H14N2O. The lowest BCUT2D eigenvalue weighted by molar-refractivity contribution is 0.298. The molecule has 1 N–H and O–H groups in total. The Morgan fingerprint density at radius 1 is 1.50 bits per heavy atom. The number of hydrogen-bond acceptors (Lipinski definition) is 3. The Balaban J connectivity index is 2.81. The van der Waals surface area contributed by atoms with Crippen molar-refractivity contribution in [1.29, 1.82) is 0 Å². The van der Waals surface area contributed by atoms with Gasteiger partial charge in [0, 0.05) is 30.8 Å². The molecule has 12 heavy (non-hydrogen) atoms. The summed E-state index contributed by atoms with van der Waals surface area (Å²) < 4.78 is 0. The molecule has 66 valence electrons. The molecule has 0 aliphatic heterocycles. The fourth-order valence-electron chi connectivity index (χ4n) is 0.945. The lowest BCUT2D eigenvalue weighted by Crippen LogP contribution is -2.02. The van der Waals surface area contributed by atoms with Gasteiger partial charge >= 0.3 is 0 Å². The van der Waals surface area contributed by atoms with E-state index in [0.29, 0.717) is 12.3 Å². The van der Waals surface area contributed by atoms with Gasteiger partial charge in [0.25, 0.3) is 0 Å². The van der Waals surface area contributed by atoms with Crippen molar-refractivity contribution in [2.24, 2.45) is 0 Å². The molecule has 1 aromatic heterocycles. The number of rotatable bonds is 3. The molecule has 3 nitrogen and oxygen atoms in total. The molecule has 0 saturated heterocycles. The fraction of sp³-hybridized carbons (Fsp3) is 0.556. The van der Waals surface area contributed by atoms with Gasteiger partial charge in [-0.25, -0.2) is 9.97 Å². The zero-order chi connectivity index (χ0) is 8.97. The van der Waals surface area contributed by atoms with Gasteiger partial charge in [-0.15, -0.1) is 0 Å². The van der Waals surface area contributed by atoms with E-state index in [2.05, 4.69) is 23.8 Å². The van der Waals surface area contributed by atoms with Gasteiger partial charge < -0.3 is 5.11 Å². The first-order valence-corrected chi connectivity index (χ1v) is 4.16. The van der Waals surface area contributed by atoms with Crippen molar-refractivity contribution >= 4 is 0 Å². The second-order valence-corrected chi connectivity index (χ2v) is 3.03. The van der Waals surface area contributed by atoms with Crippen LogP contribution in [0, 0.1) is 0 Å². The minimum absolute atomic E-state index is 0.147. The largest absolute Gasteiger partial charge is 0.396 e. The Morgan fingerprint density at radius 2 is 2.25 bits per heavy atom. The van der Waals surface area contributed by atoms with Gasteiger partial charge in [0.05, 0.1) is 0 Å². The molecule has 0 amide bonds. The van der Waals surface area contributed by atoms with E-state index in [0.717, 1.165) is 11.5 Å². The molecule has 0 radical (unpaired) electrons. The lowest BCUT2D eigenvalue weighted by atomic mass is 10.2. The third-order valence-electron chi connectivity index (χ3n) is 1.62. The van der Waals surface area contributed by atoms with Crippen LogP contribution in [0.3, 0.4) is 0 Å². The second kappa shape index (κ2) is 4.16. The number of aliphatic hydroxyl groups excluding tert-OH is 1. The maximum absolute atomic E-state index is 8.69. The molecular weight excluding hydrogens is 152 g/mol. The summed E-state index contributed by atoms with van der Waals surface area (Å²) in [5, 5.41) is 8.69. The third kappa shape index (κ3) is 2.27. The summed E-state index contributed by atoms with van der Waals surface area (Å²) in [4.78, 5) is 8.42. The Labute approximate surface area is 72.5 Å². The van der Waals surface area contributed by atoms with Crippen LogP contribution in [0.2, 0.25) is 0 Å². The highest BCUT2D eigenvalue weighted by molar-refractivity contribution is 5.04. The first-order valence-electron chi connectivity index (χ1n) is 4.16. The summed E-state index contributed by atoms with van der Waals surface area (Å²) in [5.74, 6) is 1.20. The molecule has 0 atom stereocenters. The van der Waals surface area contributed by atoms with Crippen LogP contribution in [0.25, 0.3) is 0 Å². The number of aromatic nitrogens is 2. The van der Waals surface area contributed by atoms with Gasteiger partial charge in [0.2, 0.25) is 0 Å². The average Bonchev–Trinajstić information content (AvgIpc) is 2.05. The van der Waals surface area contributed by atoms with E-state index in [1.165, 1.54) is 0 Å². The summed E-state index contributed by atoms with van der Waals surface area (Å²) >= 11 is 0. The molecule has 0 fully saturated rings. The maximum atomic E-state index is 8.69. The highest BCUT2D eigenvalue weighted by atomic mass is 16.3. The Hall–Kier alpha value is -0.960.